The number of benzene rings is 1. The van der Waals surface area contributed by atoms with E-state index in [4.69, 9.17) is 0 Å². The highest BCUT2D eigenvalue weighted by atomic mass is 16.1. The molecule has 0 unspecified atom stereocenters. The number of aromatic nitrogens is 2. The van der Waals surface area contributed by atoms with Gasteiger partial charge in [-0.05, 0) is 38.0 Å². The fourth-order valence-electron chi connectivity index (χ4n) is 2.60. The molecule has 0 N–H and O–H groups in total. The molecule has 3 rings (SSSR count). The molecule has 0 atom stereocenters. The van der Waals surface area contributed by atoms with E-state index in [1.165, 1.54) is 6.92 Å². The summed E-state index contributed by atoms with van der Waals surface area (Å²) in [6.45, 7) is 4.14. The molecule has 0 spiro atoms. The molecule has 2 heterocycles. The Hall–Kier alpha value is -1.97. The van der Waals surface area contributed by atoms with Gasteiger partial charge in [0.2, 0.25) is 0 Å². The molecule has 1 aliphatic rings. The molecule has 4 nitrogen and oxygen atoms in total. The summed E-state index contributed by atoms with van der Waals surface area (Å²) < 4.78 is 1.73. The average molecular weight is 242 g/mol. The van der Waals surface area contributed by atoms with E-state index < -0.39 is 0 Å². The Kier molecular flexibility index (Phi) is 2.33. The summed E-state index contributed by atoms with van der Waals surface area (Å²) in [5.41, 5.74) is 2.02. The third-order valence-corrected chi connectivity index (χ3v) is 3.44. The Morgan fingerprint density at radius 3 is 2.89 bits per heavy atom. The molecular weight excluding hydrogens is 228 g/mol. The summed E-state index contributed by atoms with van der Waals surface area (Å²) in [5.74, 6) is 0.761. The Bertz CT molecular complexity index is 729. The van der Waals surface area contributed by atoms with E-state index in [2.05, 4.69) is 4.98 Å². The van der Waals surface area contributed by atoms with E-state index in [-0.39, 0.29) is 11.3 Å². The van der Waals surface area contributed by atoms with E-state index in [0.29, 0.717) is 16.5 Å². The van der Waals surface area contributed by atoms with Gasteiger partial charge in [-0.1, -0.05) is 0 Å². The van der Waals surface area contributed by atoms with Crippen LogP contribution >= 0.6 is 0 Å². The number of Topliss-reactive ketones (excluding diaryl/α,β-unsaturated/α-hetero) is 1. The lowest BCUT2D eigenvalue weighted by atomic mass is 10.0. The van der Waals surface area contributed by atoms with E-state index >= 15 is 0 Å². The lowest BCUT2D eigenvalue weighted by molar-refractivity contribution is 0.101. The van der Waals surface area contributed by atoms with Gasteiger partial charge in [0.1, 0.15) is 5.82 Å². The van der Waals surface area contributed by atoms with Crippen molar-refractivity contribution in [2.24, 2.45) is 0 Å². The van der Waals surface area contributed by atoms with Gasteiger partial charge in [0.15, 0.2) is 5.78 Å². The standard InChI is InChI=1S/C14H14N2O2/c1-8-6-10(9(2)17)13-11(7-8)14(18)16-5-3-4-12(16)15-13/h6-7H,3-5H2,1-2H3. The van der Waals surface area contributed by atoms with Crippen molar-refractivity contribution in [1.82, 2.24) is 9.55 Å². The SMILES string of the molecule is CC(=O)c1cc(C)cc2c(=O)n3c(nc12)CCC3. The van der Waals surface area contributed by atoms with Crippen LogP contribution in [0.1, 0.15) is 35.1 Å². The van der Waals surface area contributed by atoms with E-state index in [0.717, 1.165) is 30.8 Å². The van der Waals surface area contributed by atoms with E-state index in [9.17, 15) is 9.59 Å². The number of carbonyl (C=O) groups excluding carboxylic acids is 1. The number of ketones is 1. The molecule has 0 saturated carbocycles. The molecule has 0 fully saturated rings. The third kappa shape index (κ3) is 1.49. The predicted octanol–water partition coefficient (Wildman–Crippen LogP) is 1.85. The Morgan fingerprint density at radius 2 is 2.17 bits per heavy atom. The monoisotopic (exact) mass is 242 g/mol. The van der Waals surface area contributed by atoms with Crippen LogP contribution in [0.2, 0.25) is 0 Å². The van der Waals surface area contributed by atoms with Gasteiger partial charge in [-0.25, -0.2) is 4.98 Å². The second-order valence-corrected chi connectivity index (χ2v) is 4.85. The van der Waals surface area contributed by atoms with Crippen molar-refractivity contribution < 1.29 is 4.79 Å². The van der Waals surface area contributed by atoms with Crippen molar-refractivity contribution in [3.05, 3.63) is 39.4 Å². The molecule has 18 heavy (non-hydrogen) atoms. The van der Waals surface area contributed by atoms with Crippen molar-refractivity contribution in [3.8, 4) is 0 Å². The van der Waals surface area contributed by atoms with Crippen molar-refractivity contribution >= 4 is 16.7 Å². The van der Waals surface area contributed by atoms with Gasteiger partial charge in [0, 0.05) is 18.5 Å². The second kappa shape index (κ2) is 3.77. The number of hydrogen-bond donors (Lipinski definition) is 0. The molecule has 4 heteroatoms. The maximum Gasteiger partial charge on any atom is 0.261 e. The number of rotatable bonds is 1. The predicted molar refractivity (Wildman–Crippen MR) is 69.1 cm³/mol. The van der Waals surface area contributed by atoms with Crippen LogP contribution < -0.4 is 5.56 Å². The first-order valence-electron chi connectivity index (χ1n) is 6.13. The molecule has 0 amide bonds. The highest BCUT2D eigenvalue weighted by Gasteiger charge is 2.18. The third-order valence-electron chi connectivity index (χ3n) is 3.44. The summed E-state index contributed by atoms with van der Waals surface area (Å²) >= 11 is 0. The first-order chi connectivity index (χ1) is 8.58. The maximum atomic E-state index is 12.4. The van der Waals surface area contributed by atoms with Crippen LogP contribution in [0, 0.1) is 6.92 Å². The summed E-state index contributed by atoms with van der Waals surface area (Å²) in [6, 6.07) is 3.63. The number of fused-ring (bicyclic) bond motifs is 2. The highest BCUT2D eigenvalue weighted by molar-refractivity contribution is 6.05. The fraction of sp³-hybridized carbons (Fsp3) is 0.357. The van der Waals surface area contributed by atoms with Crippen LogP contribution in [0.5, 0.6) is 0 Å². The van der Waals surface area contributed by atoms with Crippen LogP contribution in [0.15, 0.2) is 16.9 Å². The number of aryl methyl sites for hydroxylation is 2. The zero-order valence-corrected chi connectivity index (χ0v) is 10.5. The summed E-state index contributed by atoms with van der Waals surface area (Å²) in [7, 11) is 0. The minimum Gasteiger partial charge on any atom is -0.296 e. The molecule has 0 saturated heterocycles. The average Bonchev–Trinajstić information content (AvgIpc) is 2.78. The van der Waals surface area contributed by atoms with E-state index in [1.54, 1.807) is 4.57 Å². The van der Waals surface area contributed by atoms with Crippen LogP contribution in [0.3, 0.4) is 0 Å². The maximum absolute atomic E-state index is 12.4. The summed E-state index contributed by atoms with van der Waals surface area (Å²) in [4.78, 5) is 28.6. The van der Waals surface area contributed by atoms with Gasteiger partial charge in [-0.3, -0.25) is 14.2 Å². The second-order valence-electron chi connectivity index (χ2n) is 4.85. The zero-order valence-electron chi connectivity index (χ0n) is 10.5. The number of nitrogens with zero attached hydrogens (tertiary/aromatic N) is 2. The topological polar surface area (TPSA) is 52.0 Å². The van der Waals surface area contributed by atoms with Gasteiger partial charge in [0.25, 0.3) is 5.56 Å². The number of carbonyl (C=O) groups is 1. The van der Waals surface area contributed by atoms with Crippen molar-refractivity contribution in [3.63, 3.8) is 0 Å². The fourth-order valence-corrected chi connectivity index (χ4v) is 2.60. The minimum atomic E-state index is -0.0430. The van der Waals surface area contributed by atoms with Gasteiger partial charge < -0.3 is 0 Å². The van der Waals surface area contributed by atoms with Crippen molar-refractivity contribution in [1.29, 1.82) is 0 Å². The molecule has 1 aromatic carbocycles. The Balaban J connectivity index is 2.50. The van der Waals surface area contributed by atoms with Crippen LogP contribution in [0.4, 0.5) is 0 Å². The number of hydrogen-bond acceptors (Lipinski definition) is 3. The van der Waals surface area contributed by atoms with Crippen molar-refractivity contribution in [2.45, 2.75) is 33.2 Å². The molecule has 0 aliphatic carbocycles. The first kappa shape index (κ1) is 11.1. The smallest absolute Gasteiger partial charge is 0.261 e. The molecule has 92 valence electrons. The summed E-state index contributed by atoms with van der Waals surface area (Å²) in [5, 5.41) is 0.561. The largest absolute Gasteiger partial charge is 0.296 e. The van der Waals surface area contributed by atoms with Crippen LogP contribution in [-0.4, -0.2) is 15.3 Å². The lowest BCUT2D eigenvalue weighted by Gasteiger charge is -2.08. The lowest BCUT2D eigenvalue weighted by Crippen LogP contribution is -2.21. The molecule has 1 aliphatic heterocycles. The summed E-state index contributed by atoms with van der Waals surface area (Å²) in [6.07, 6.45) is 1.77. The normalized spacial score (nSPS) is 13.9. The Labute approximate surface area is 104 Å². The Morgan fingerprint density at radius 1 is 1.39 bits per heavy atom. The molecular formula is C14H14N2O2. The van der Waals surface area contributed by atoms with Gasteiger partial charge in [-0.2, -0.15) is 0 Å². The zero-order chi connectivity index (χ0) is 12.9. The minimum absolute atomic E-state index is 0.0151. The van der Waals surface area contributed by atoms with Gasteiger partial charge in [0.05, 0.1) is 10.9 Å². The molecule has 1 aromatic heterocycles. The molecule has 2 aromatic rings. The van der Waals surface area contributed by atoms with Crippen LogP contribution in [-0.2, 0) is 13.0 Å². The first-order valence-corrected chi connectivity index (χ1v) is 6.13. The molecule has 0 radical (unpaired) electrons. The van der Waals surface area contributed by atoms with Gasteiger partial charge in [-0.15, -0.1) is 0 Å². The van der Waals surface area contributed by atoms with Crippen LogP contribution in [0.25, 0.3) is 10.9 Å². The van der Waals surface area contributed by atoms with Gasteiger partial charge >= 0.3 is 0 Å². The highest BCUT2D eigenvalue weighted by Crippen LogP contribution is 2.20. The quantitative estimate of drug-likeness (QED) is 0.717. The van der Waals surface area contributed by atoms with Crippen molar-refractivity contribution in [2.75, 3.05) is 0 Å². The van der Waals surface area contributed by atoms with E-state index in [1.807, 2.05) is 19.1 Å². The molecule has 0 bridgehead atoms.